The van der Waals surface area contributed by atoms with Crippen LogP contribution in [0.4, 0.5) is 10.9 Å². The lowest BCUT2D eigenvalue weighted by Gasteiger charge is -2.27. The molecular formula is C27H33N7OS. The molecule has 4 aromatic rings. The minimum absolute atomic E-state index is 0.313. The van der Waals surface area contributed by atoms with Crippen LogP contribution in [-0.4, -0.2) is 52.1 Å². The summed E-state index contributed by atoms with van der Waals surface area (Å²) in [7, 11) is 4.09. The van der Waals surface area contributed by atoms with Crippen molar-refractivity contribution < 1.29 is 4.74 Å². The van der Waals surface area contributed by atoms with Gasteiger partial charge < -0.3 is 20.3 Å². The van der Waals surface area contributed by atoms with Gasteiger partial charge in [0.1, 0.15) is 34.3 Å². The molecule has 0 bridgehead atoms. The van der Waals surface area contributed by atoms with Crippen molar-refractivity contribution in [3.8, 4) is 16.9 Å². The van der Waals surface area contributed by atoms with Crippen LogP contribution in [0.15, 0.2) is 24.4 Å². The molecule has 0 aliphatic carbocycles. The Bertz CT molecular complexity index is 1430. The number of hydrogen-bond acceptors (Lipinski definition) is 9. The van der Waals surface area contributed by atoms with Crippen LogP contribution in [0.5, 0.6) is 5.75 Å². The molecule has 9 heteroatoms. The summed E-state index contributed by atoms with van der Waals surface area (Å²) in [5.41, 5.74) is 13.3. The summed E-state index contributed by atoms with van der Waals surface area (Å²) in [4.78, 5) is 24.2. The lowest BCUT2D eigenvalue weighted by molar-refractivity contribution is 0.329. The van der Waals surface area contributed by atoms with Gasteiger partial charge in [0.25, 0.3) is 0 Å². The van der Waals surface area contributed by atoms with E-state index in [4.69, 9.17) is 20.4 Å². The van der Waals surface area contributed by atoms with Gasteiger partial charge in [-0.05, 0) is 63.2 Å². The van der Waals surface area contributed by atoms with Gasteiger partial charge in [0.05, 0.1) is 13.1 Å². The first-order valence-electron chi connectivity index (χ1n) is 12.3. The van der Waals surface area contributed by atoms with E-state index in [2.05, 4.69) is 65.7 Å². The number of nitrogen functional groups attached to an aromatic ring is 1. The molecule has 1 aromatic carbocycles. The van der Waals surface area contributed by atoms with E-state index in [1.807, 2.05) is 20.3 Å². The molecular weight excluding hydrogens is 470 g/mol. The summed E-state index contributed by atoms with van der Waals surface area (Å²) >= 11 is 1.41. The first kappa shape index (κ1) is 24.4. The maximum absolute atomic E-state index is 6.28. The standard InChI is InChI=1S/C27H33N7OS/c1-15(2)23-17(4)30-22(14-33(5)6)32-25(23)34-7-8-35-24-16(3)9-18(10-20(24)13-34)19-11-21-26(29-12-19)36-27(28)31-21/h9-12,15H,7-8,13-14H2,1-6H3,(H2,28,31). The van der Waals surface area contributed by atoms with E-state index < -0.39 is 0 Å². The van der Waals surface area contributed by atoms with Crippen LogP contribution in [0.1, 0.15) is 48.0 Å². The average Bonchev–Trinajstić information content (AvgIpc) is 3.03. The van der Waals surface area contributed by atoms with Gasteiger partial charge in [-0.3, -0.25) is 0 Å². The van der Waals surface area contributed by atoms with Gasteiger partial charge in [-0.15, -0.1) is 0 Å². The van der Waals surface area contributed by atoms with Crippen LogP contribution in [-0.2, 0) is 13.1 Å². The zero-order chi connectivity index (χ0) is 25.6. The summed E-state index contributed by atoms with van der Waals surface area (Å²) in [5.74, 6) is 3.12. The summed E-state index contributed by atoms with van der Waals surface area (Å²) in [5, 5.41) is 0.534. The number of ether oxygens (including phenoxy) is 1. The van der Waals surface area contributed by atoms with Crippen LogP contribution in [0.25, 0.3) is 21.5 Å². The van der Waals surface area contributed by atoms with Crippen molar-refractivity contribution in [1.82, 2.24) is 24.8 Å². The molecule has 188 valence electrons. The van der Waals surface area contributed by atoms with E-state index in [1.165, 1.54) is 16.9 Å². The minimum Gasteiger partial charge on any atom is -0.491 e. The lowest BCUT2D eigenvalue weighted by atomic mass is 9.99. The highest BCUT2D eigenvalue weighted by Crippen LogP contribution is 2.37. The van der Waals surface area contributed by atoms with Crippen LogP contribution in [0.3, 0.4) is 0 Å². The molecule has 0 radical (unpaired) electrons. The van der Waals surface area contributed by atoms with E-state index in [0.29, 0.717) is 30.7 Å². The van der Waals surface area contributed by atoms with E-state index in [-0.39, 0.29) is 0 Å². The number of fused-ring (bicyclic) bond motifs is 2. The Balaban J connectivity index is 1.57. The quantitative estimate of drug-likeness (QED) is 0.410. The van der Waals surface area contributed by atoms with Crippen molar-refractivity contribution >= 4 is 32.6 Å². The number of hydrogen-bond donors (Lipinski definition) is 1. The highest BCUT2D eigenvalue weighted by Gasteiger charge is 2.25. The molecule has 5 rings (SSSR count). The maximum Gasteiger partial charge on any atom is 0.182 e. The van der Waals surface area contributed by atoms with Crippen molar-refractivity contribution in [2.24, 2.45) is 0 Å². The first-order chi connectivity index (χ1) is 17.2. The van der Waals surface area contributed by atoms with Gasteiger partial charge >= 0.3 is 0 Å². The smallest absolute Gasteiger partial charge is 0.182 e. The third kappa shape index (κ3) is 4.73. The van der Waals surface area contributed by atoms with Crippen LogP contribution >= 0.6 is 11.3 Å². The molecule has 3 aromatic heterocycles. The molecule has 0 saturated heterocycles. The van der Waals surface area contributed by atoms with E-state index >= 15 is 0 Å². The van der Waals surface area contributed by atoms with Crippen molar-refractivity contribution in [2.45, 2.75) is 46.7 Å². The summed E-state index contributed by atoms with van der Waals surface area (Å²) in [6.45, 7) is 11.4. The molecule has 36 heavy (non-hydrogen) atoms. The molecule has 0 spiro atoms. The lowest BCUT2D eigenvalue weighted by Crippen LogP contribution is -2.29. The number of rotatable bonds is 5. The second-order valence-electron chi connectivity index (χ2n) is 10.0. The molecule has 8 nitrogen and oxygen atoms in total. The molecule has 1 aliphatic rings. The van der Waals surface area contributed by atoms with Crippen molar-refractivity contribution in [3.05, 3.63) is 52.6 Å². The van der Waals surface area contributed by atoms with Gasteiger partial charge in [0.15, 0.2) is 5.13 Å². The van der Waals surface area contributed by atoms with Crippen LogP contribution in [0.2, 0.25) is 0 Å². The average molecular weight is 504 g/mol. The number of aromatic nitrogens is 4. The van der Waals surface area contributed by atoms with Crippen molar-refractivity contribution in [1.29, 1.82) is 0 Å². The van der Waals surface area contributed by atoms with Crippen LogP contribution in [0, 0.1) is 13.8 Å². The summed E-state index contributed by atoms with van der Waals surface area (Å²) in [6.07, 6.45) is 1.90. The molecule has 0 amide bonds. The minimum atomic E-state index is 0.313. The summed E-state index contributed by atoms with van der Waals surface area (Å²) in [6, 6.07) is 6.43. The predicted octanol–water partition coefficient (Wildman–Crippen LogP) is 4.93. The number of nitrogens with two attached hydrogens (primary N) is 1. The number of pyridine rings is 1. The number of anilines is 2. The SMILES string of the molecule is Cc1cc(-c2cnc3sc(N)nc3c2)cc2c1OCCN(c1nc(CN(C)C)nc(C)c1C(C)C)C2. The zero-order valence-corrected chi connectivity index (χ0v) is 22.6. The highest BCUT2D eigenvalue weighted by atomic mass is 32.1. The Kier molecular flexibility index (Phi) is 6.53. The van der Waals surface area contributed by atoms with Gasteiger partial charge in [-0.25, -0.2) is 19.9 Å². The Labute approximate surface area is 216 Å². The number of aryl methyl sites for hydroxylation is 2. The normalized spacial score (nSPS) is 13.8. The third-order valence-electron chi connectivity index (χ3n) is 6.41. The Morgan fingerprint density at radius 3 is 2.67 bits per heavy atom. The first-order valence-corrected chi connectivity index (χ1v) is 13.1. The molecule has 4 heterocycles. The Morgan fingerprint density at radius 2 is 1.92 bits per heavy atom. The summed E-state index contributed by atoms with van der Waals surface area (Å²) < 4.78 is 6.28. The van der Waals surface area contributed by atoms with E-state index in [9.17, 15) is 0 Å². The van der Waals surface area contributed by atoms with Crippen molar-refractivity contribution in [3.63, 3.8) is 0 Å². The molecule has 1 aliphatic heterocycles. The fourth-order valence-corrected chi connectivity index (χ4v) is 5.61. The number of nitrogens with zero attached hydrogens (tertiary/aromatic N) is 6. The van der Waals surface area contributed by atoms with Gasteiger partial charge in [0.2, 0.25) is 0 Å². The molecule has 0 saturated carbocycles. The van der Waals surface area contributed by atoms with Gasteiger partial charge in [0, 0.05) is 35.1 Å². The molecule has 0 atom stereocenters. The fourth-order valence-electron chi connectivity index (χ4n) is 4.95. The topological polar surface area (TPSA) is 93.3 Å². The molecule has 0 fully saturated rings. The zero-order valence-electron chi connectivity index (χ0n) is 21.8. The Hall–Kier alpha value is -3.30. The van der Waals surface area contributed by atoms with Crippen molar-refractivity contribution in [2.75, 3.05) is 37.9 Å². The molecule has 2 N–H and O–H groups in total. The second kappa shape index (κ2) is 9.63. The maximum atomic E-state index is 6.28. The van der Waals surface area contributed by atoms with E-state index in [1.54, 1.807) is 0 Å². The Morgan fingerprint density at radius 1 is 1.11 bits per heavy atom. The predicted molar refractivity (Wildman–Crippen MR) is 147 cm³/mol. The third-order valence-corrected chi connectivity index (χ3v) is 7.22. The number of thiazole rings is 1. The number of benzene rings is 1. The fraction of sp³-hybridized carbons (Fsp3) is 0.407. The largest absolute Gasteiger partial charge is 0.491 e. The second-order valence-corrected chi connectivity index (χ2v) is 11.0. The monoisotopic (exact) mass is 503 g/mol. The molecule has 0 unspecified atom stereocenters. The van der Waals surface area contributed by atoms with E-state index in [0.717, 1.165) is 62.2 Å². The highest BCUT2D eigenvalue weighted by molar-refractivity contribution is 7.21. The van der Waals surface area contributed by atoms with Gasteiger partial charge in [-0.1, -0.05) is 25.2 Å². The van der Waals surface area contributed by atoms with Crippen LogP contribution < -0.4 is 15.4 Å². The van der Waals surface area contributed by atoms with Gasteiger partial charge in [-0.2, -0.15) is 0 Å².